The van der Waals surface area contributed by atoms with E-state index in [9.17, 15) is 4.79 Å². The van der Waals surface area contributed by atoms with Gasteiger partial charge in [0.2, 0.25) is 0 Å². The van der Waals surface area contributed by atoms with Crippen LogP contribution in [-0.2, 0) is 4.79 Å². The second kappa shape index (κ2) is 10.6. The first-order valence-electron chi connectivity index (χ1n) is 8.66. The maximum absolute atomic E-state index is 11.9. The zero-order valence-corrected chi connectivity index (χ0v) is 17.3. The zero-order valence-electron chi connectivity index (χ0n) is 15.7. The maximum atomic E-state index is 11.9. The SMILES string of the molecule is CCCOc1c(Br)cc(/C=N/NC(=O)CNc2ccc(C)cc2)cc1OC. The molecule has 0 radical (unpaired) electrons. The molecule has 6 nitrogen and oxygen atoms in total. The van der Waals surface area contributed by atoms with Crippen molar-refractivity contribution in [3.63, 3.8) is 0 Å². The third-order valence-corrected chi connectivity index (χ3v) is 4.20. The van der Waals surface area contributed by atoms with Crippen LogP contribution in [0.5, 0.6) is 11.5 Å². The van der Waals surface area contributed by atoms with Crippen LogP contribution < -0.4 is 20.2 Å². The van der Waals surface area contributed by atoms with Crippen molar-refractivity contribution in [3.05, 3.63) is 52.0 Å². The summed E-state index contributed by atoms with van der Waals surface area (Å²) in [6.45, 7) is 4.79. The second-order valence-electron chi connectivity index (χ2n) is 5.90. The zero-order chi connectivity index (χ0) is 19.6. The molecule has 0 spiro atoms. The summed E-state index contributed by atoms with van der Waals surface area (Å²) in [5.74, 6) is 1.02. The quantitative estimate of drug-likeness (QED) is 0.460. The number of hydrazone groups is 1. The third kappa shape index (κ3) is 6.60. The summed E-state index contributed by atoms with van der Waals surface area (Å²) in [6, 6.07) is 11.5. The lowest BCUT2D eigenvalue weighted by Crippen LogP contribution is -2.25. The van der Waals surface area contributed by atoms with Gasteiger partial charge in [-0.25, -0.2) is 5.43 Å². The van der Waals surface area contributed by atoms with Crippen molar-refractivity contribution in [2.75, 3.05) is 25.6 Å². The fourth-order valence-electron chi connectivity index (χ4n) is 2.23. The summed E-state index contributed by atoms with van der Waals surface area (Å²) in [5.41, 5.74) is 5.33. The predicted octanol–water partition coefficient (Wildman–Crippen LogP) is 4.12. The highest BCUT2D eigenvalue weighted by Crippen LogP contribution is 2.36. The number of halogens is 1. The van der Waals surface area contributed by atoms with E-state index in [1.165, 1.54) is 5.56 Å². The number of nitrogens with one attached hydrogen (secondary N) is 2. The van der Waals surface area contributed by atoms with Crippen molar-refractivity contribution in [2.45, 2.75) is 20.3 Å². The molecule has 0 aliphatic carbocycles. The van der Waals surface area contributed by atoms with Crippen molar-refractivity contribution in [2.24, 2.45) is 5.10 Å². The molecule has 2 aromatic carbocycles. The van der Waals surface area contributed by atoms with Crippen LogP contribution in [-0.4, -0.2) is 32.4 Å². The number of hydrogen-bond acceptors (Lipinski definition) is 5. The van der Waals surface area contributed by atoms with E-state index in [1.54, 1.807) is 19.4 Å². The minimum absolute atomic E-state index is 0.136. The lowest BCUT2D eigenvalue weighted by molar-refractivity contribution is -0.119. The first kappa shape index (κ1) is 20.8. The average molecular weight is 434 g/mol. The summed E-state index contributed by atoms with van der Waals surface area (Å²) in [6.07, 6.45) is 2.46. The van der Waals surface area contributed by atoms with Gasteiger partial charge in [-0.2, -0.15) is 5.10 Å². The molecule has 0 aromatic heterocycles. The molecule has 2 aromatic rings. The van der Waals surface area contributed by atoms with E-state index in [0.29, 0.717) is 18.1 Å². The number of rotatable bonds is 9. The van der Waals surface area contributed by atoms with Gasteiger partial charge in [0.05, 0.1) is 30.9 Å². The summed E-state index contributed by atoms with van der Waals surface area (Å²) >= 11 is 3.48. The Hall–Kier alpha value is -2.54. The highest BCUT2D eigenvalue weighted by molar-refractivity contribution is 9.10. The molecular weight excluding hydrogens is 410 g/mol. The predicted molar refractivity (Wildman–Crippen MR) is 112 cm³/mol. The summed E-state index contributed by atoms with van der Waals surface area (Å²) < 4.78 is 11.8. The summed E-state index contributed by atoms with van der Waals surface area (Å²) in [5, 5.41) is 7.04. The van der Waals surface area contributed by atoms with Gasteiger partial charge < -0.3 is 14.8 Å². The van der Waals surface area contributed by atoms with E-state index in [4.69, 9.17) is 9.47 Å². The molecule has 0 aliphatic rings. The van der Waals surface area contributed by atoms with Gasteiger partial charge in [0.15, 0.2) is 11.5 Å². The largest absolute Gasteiger partial charge is 0.493 e. The topological polar surface area (TPSA) is 72.0 Å². The number of benzene rings is 2. The van der Waals surface area contributed by atoms with Gasteiger partial charge in [-0.1, -0.05) is 24.6 Å². The number of methoxy groups -OCH3 is 1. The second-order valence-corrected chi connectivity index (χ2v) is 6.75. The molecule has 0 saturated heterocycles. The van der Waals surface area contributed by atoms with Crippen LogP contribution in [0, 0.1) is 6.92 Å². The molecule has 1 amide bonds. The lowest BCUT2D eigenvalue weighted by atomic mass is 10.2. The normalized spacial score (nSPS) is 10.7. The number of aryl methyl sites for hydroxylation is 1. The van der Waals surface area contributed by atoms with Crippen molar-refractivity contribution >= 4 is 33.7 Å². The van der Waals surface area contributed by atoms with Crippen LogP contribution in [0.1, 0.15) is 24.5 Å². The van der Waals surface area contributed by atoms with E-state index in [1.807, 2.05) is 44.2 Å². The standard InChI is InChI=1S/C20H24BrN3O3/c1-4-9-27-20-17(21)10-15(11-18(20)26-3)12-23-24-19(25)13-22-16-7-5-14(2)6-8-16/h5-8,10-12,22H,4,9,13H2,1-3H3,(H,24,25)/b23-12+. The smallest absolute Gasteiger partial charge is 0.259 e. The summed E-state index contributed by atoms with van der Waals surface area (Å²) in [7, 11) is 1.58. The van der Waals surface area contributed by atoms with E-state index in [0.717, 1.165) is 22.1 Å². The molecule has 0 saturated carbocycles. The first-order chi connectivity index (χ1) is 13.0. The Morgan fingerprint density at radius 1 is 1.26 bits per heavy atom. The van der Waals surface area contributed by atoms with Crippen molar-refractivity contribution in [3.8, 4) is 11.5 Å². The Kier molecular flexibility index (Phi) is 8.13. The highest BCUT2D eigenvalue weighted by Gasteiger charge is 2.11. The molecule has 144 valence electrons. The third-order valence-electron chi connectivity index (χ3n) is 3.61. The van der Waals surface area contributed by atoms with E-state index < -0.39 is 0 Å². The Morgan fingerprint density at radius 3 is 2.67 bits per heavy atom. The molecule has 0 atom stereocenters. The van der Waals surface area contributed by atoms with Crippen molar-refractivity contribution in [1.82, 2.24) is 5.43 Å². The van der Waals surface area contributed by atoms with E-state index in [2.05, 4.69) is 31.8 Å². The lowest BCUT2D eigenvalue weighted by Gasteiger charge is -2.12. The van der Waals surface area contributed by atoms with Gasteiger partial charge in [0.1, 0.15) is 0 Å². The number of carbonyl (C=O) groups is 1. The minimum Gasteiger partial charge on any atom is -0.493 e. The number of carbonyl (C=O) groups excluding carboxylic acids is 1. The van der Waals surface area contributed by atoms with Crippen LogP contribution >= 0.6 is 15.9 Å². The number of ether oxygens (including phenoxy) is 2. The molecule has 2 N–H and O–H groups in total. The van der Waals surface area contributed by atoms with Gasteiger partial charge in [0.25, 0.3) is 5.91 Å². The Balaban J connectivity index is 1.91. The van der Waals surface area contributed by atoms with E-state index in [-0.39, 0.29) is 12.5 Å². The number of anilines is 1. The first-order valence-corrected chi connectivity index (χ1v) is 9.45. The van der Waals surface area contributed by atoms with Gasteiger partial charge in [-0.3, -0.25) is 4.79 Å². The maximum Gasteiger partial charge on any atom is 0.259 e. The van der Waals surface area contributed by atoms with Gasteiger partial charge in [0, 0.05) is 5.69 Å². The fourth-order valence-corrected chi connectivity index (χ4v) is 2.80. The van der Waals surface area contributed by atoms with Gasteiger partial charge >= 0.3 is 0 Å². The van der Waals surface area contributed by atoms with Crippen molar-refractivity contribution < 1.29 is 14.3 Å². The summed E-state index contributed by atoms with van der Waals surface area (Å²) in [4.78, 5) is 11.9. The molecular formula is C20H24BrN3O3. The molecule has 27 heavy (non-hydrogen) atoms. The number of amides is 1. The number of nitrogens with zero attached hydrogens (tertiary/aromatic N) is 1. The molecule has 0 fully saturated rings. The van der Waals surface area contributed by atoms with Gasteiger partial charge in [-0.15, -0.1) is 0 Å². The van der Waals surface area contributed by atoms with Crippen LogP contribution in [0.2, 0.25) is 0 Å². The van der Waals surface area contributed by atoms with Crippen LogP contribution in [0.15, 0.2) is 46.0 Å². The molecule has 0 unspecified atom stereocenters. The Morgan fingerprint density at radius 2 is 2.00 bits per heavy atom. The van der Waals surface area contributed by atoms with E-state index >= 15 is 0 Å². The minimum atomic E-state index is -0.235. The Labute approximate surface area is 168 Å². The van der Waals surface area contributed by atoms with Crippen LogP contribution in [0.25, 0.3) is 0 Å². The fraction of sp³-hybridized carbons (Fsp3) is 0.300. The van der Waals surface area contributed by atoms with Gasteiger partial charge in [-0.05, 0) is 59.1 Å². The highest BCUT2D eigenvalue weighted by atomic mass is 79.9. The Bertz CT molecular complexity index is 792. The molecule has 0 aliphatic heterocycles. The molecule has 7 heteroatoms. The molecule has 0 heterocycles. The van der Waals surface area contributed by atoms with Crippen LogP contribution in [0.3, 0.4) is 0 Å². The van der Waals surface area contributed by atoms with Crippen LogP contribution in [0.4, 0.5) is 5.69 Å². The molecule has 0 bridgehead atoms. The average Bonchev–Trinajstić information content (AvgIpc) is 2.66. The molecule has 2 rings (SSSR count). The number of hydrogen-bond donors (Lipinski definition) is 2. The van der Waals surface area contributed by atoms with Crippen molar-refractivity contribution in [1.29, 1.82) is 0 Å². The monoisotopic (exact) mass is 433 g/mol.